The van der Waals surface area contributed by atoms with Crippen LogP contribution >= 0.6 is 23.2 Å². The molecule has 0 saturated carbocycles. The maximum atomic E-state index is 12.1. The second-order valence-electron chi connectivity index (χ2n) is 5.55. The number of hydrogen-bond acceptors (Lipinski definition) is 3. The normalized spacial score (nSPS) is 11.0. The van der Waals surface area contributed by atoms with Crippen molar-refractivity contribution in [2.24, 2.45) is 4.99 Å². The van der Waals surface area contributed by atoms with Crippen molar-refractivity contribution >= 4 is 35.1 Å². The number of aliphatic imine (C=N–C) groups is 1. The van der Waals surface area contributed by atoms with Gasteiger partial charge in [-0.05, 0) is 24.3 Å². The summed E-state index contributed by atoms with van der Waals surface area (Å²) in [7, 11) is 3.33. The van der Waals surface area contributed by atoms with Crippen LogP contribution in [0.1, 0.15) is 15.9 Å². The van der Waals surface area contributed by atoms with Crippen molar-refractivity contribution in [2.75, 3.05) is 27.2 Å². The highest BCUT2D eigenvalue weighted by atomic mass is 35.5. The van der Waals surface area contributed by atoms with Crippen LogP contribution in [0.4, 0.5) is 0 Å². The average Bonchev–Trinajstić information content (AvgIpc) is 2.69. The number of carbonyl (C=O) groups is 1. The lowest BCUT2D eigenvalue weighted by atomic mass is 10.2. The number of nitrogens with one attached hydrogen (secondary N) is 3. The summed E-state index contributed by atoms with van der Waals surface area (Å²) < 4.78 is 5.33. The van der Waals surface area contributed by atoms with Crippen LogP contribution in [0.15, 0.2) is 47.5 Å². The van der Waals surface area contributed by atoms with Crippen LogP contribution in [0.5, 0.6) is 5.75 Å². The van der Waals surface area contributed by atoms with Gasteiger partial charge in [-0.2, -0.15) is 0 Å². The van der Waals surface area contributed by atoms with Crippen LogP contribution < -0.4 is 20.7 Å². The van der Waals surface area contributed by atoms with E-state index in [0.717, 1.165) is 11.3 Å². The Morgan fingerprint density at radius 3 is 2.48 bits per heavy atom. The van der Waals surface area contributed by atoms with Gasteiger partial charge in [0.25, 0.3) is 5.91 Å². The van der Waals surface area contributed by atoms with Crippen LogP contribution in [0.3, 0.4) is 0 Å². The molecule has 0 aromatic heterocycles. The fourth-order valence-corrected chi connectivity index (χ4v) is 2.64. The SMILES string of the molecule is CN=C(NCCNC(=O)c1ccc(Cl)c(Cl)c1)NCc1ccccc1OC. The summed E-state index contributed by atoms with van der Waals surface area (Å²) in [5.74, 6) is 1.23. The third-order valence-electron chi connectivity index (χ3n) is 3.75. The Bertz CT molecular complexity index is 812. The highest BCUT2D eigenvalue weighted by molar-refractivity contribution is 6.42. The molecule has 0 radical (unpaired) electrons. The second kappa shape index (κ2) is 10.6. The Hall–Kier alpha value is -2.44. The summed E-state index contributed by atoms with van der Waals surface area (Å²) in [5, 5.41) is 9.93. The van der Waals surface area contributed by atoms with Gasteiger partial charge in [0.15, 0.2) is 5.96 Å². The second-order valence-corrected chi connectivity index (χ2v) is 6.36. The molecule has 2 rings (SSSR count). The van der Waals surface area contributed by atoms with Crippen molar-refractivity contribution in [2.45, 2.75) is 6.54 Å². The third-order valence-corrected chi connectivity index (χ3v) is 4.49. The minimum absolute atomic E-state index is 0.215. The van der Waals surface area contributed by atoms with Crippen LogP contribution in [-0.2, 0) is 6.54 Å². The quantitative estimate of drug-likeness (QED) is 0.373. The summed E-state index contributed by atoms with van der Waals surface area (Å²) in [4.78, 5) is 16.3. The van der Waals surface area contributed by atoms with E-state index in [4.69, 9.17) is 27.9 Å². The van der Waals surface area contributed by atoms with Gasteiger partial charge in [-0.1, -0.05) is 41.4 Å². The van der Waals surface area contributed by atoms with E-state index in [1.54, 1.807) is 32.4 Å². The van der Waals surface area contributed by atoms with Gasteiger partial charge in [0.05, 0.1) is 17.2 Å². The molecule has 0 fully saturated rings. The molecule has 0 heterocycles. The van der Waals surface area contributed by atoms with Crippen molar-refractivity contribution in [3.8, 4) is 5.75 Å². The van der Waals surface area contributed by atoms with Crippen molar-refractivity contribution in [3.63, 3.8) is 0 Å². The van der Waals surface area contributed by atoms with E-state index < -0.39 is 0 Å². The van der Waals surface area contributed by atoms with E-state index >= 15 is 0 Å². The Morgan fingerprint density at radius 2 is 1.78 bits per heavy atom. The van der Waals surface area contributed by atoms with Gasteiger partial charge in [-0.15, -0.1) is 0 Å². The van der Waals surface area contributed by atoms with E-state index in [1.165, 1.54) is 0 Å². The Kier molecular flexibility index (Phi) is 8.23. The molecule has 0 bridgehead atoms. The lowest BCUT2D eigenvalue weighted by Gasteiger charge is -2.14. The molecule has 0 saturated heterocycles. The van der Waals surface area contributed by atoms with Crippen LogP contribution in [0.2, 0.25) is 10.0 Å². The van der Waals surface area contributed by atoms with E-state index in [0.29, 0.717) is 41.2 Å². The Balaban J connectivity index is 1.76. The minimum Gasteiger partial charge on any atom is -0.496 e. The first kappa shape index (κ1) is 20.9. The molecule has 0 spiro atoms. The first-order valence-corrected chi connectivity index (χ1v) is 9.10. The van der Waals surface area contributed by atoms with Crippen LogP contribution in [-0.4, -0.2) is 39.1 Å². The molecule has 0 atom stereocenters. The lowest BCUT2D eigenvalue weighted by Crippen LogP contribution is -2.41. The zero-order valence-corrected chi connectivity index (χ0v) is 16.7. The Labute approximate surface area is 168 Å². The number of nitrogens with zero attached hydrogens (tertiary/aromatic N) is 1. The van der Waals surface area contributed by atoms with Gasteiger partial charge in [0.1, 0.15) is 5.75 Å². The summed E-state index contributed by atoms with van der Waals surface area (Å²) in [6.45, 7) is 1.51. The van der Waals surface area contributed by atoms with Gasteiger partial charge < -0.3 is 20.7 Å². The number of carbonyl (C=O) groups excluding carboxylic acids is 1. The number of hydrogen-bond donors (Lipinski definition) is 3. The molecule has 0 unspecified atom stereocenters. The molecule has 0 aliphatic rings. The number of ether oxygens (including phenoxy) is 1. The van der Waals surface area contributed by atoms with Crippen molar-refractivity contribution in [1.82, 2.24) is 16.0 Å². The van der Waals surface area contributed by atoms with Crippen LogP contribution in [0, 0.1) is 0 Å². The Morgan fingerprint density at radius 1 is 1.04 bits per heavy atom. The van der Waals surface area contributed by atoms with Crippen molar-refractivity contribution in [3.05, 3.63) is 63.6 Å². The number of methoxy groups -OCH3 is 1. The van der Waals surface area contributed by atoms with Crippen LogP contribution in [0.25, 0.3) is 0 Å². The fourth-order valence-electron chi connectivity index (χ4n) is 2.34. The molecular weight excluding hydrogens is 387 g/mol. The highest BCUT2D eigenvalue weighted by Gasteiger charge is 2.08. The number of rotatable bonds is 7. The molecule has 0 aliphatic carbocycles. The van der Waals surface area contributed by atoms with E-state index in [2.05, 4.69) is 20.9 Å². The minimum atomic E-state index is -0.215. The van der Waals surface area contributed by atoms with Gasteiger partial charge in [0.2, 0.25) is 0 Å². The summed E-state index contributed by atoms with van der Waals surface area (Å²) in [6.07, 6.45) is 0. The molecule has 2 aromatic carbocycles. The predicted molar refractivity (Wildman–Crippen MR) is 110 cm³/mol. The van der Waals surface area contributed by atoms with E-state index in [-0.39, 0.29) is 5.91 Å². The molecule has 6 nitrogen and oxygen atoms in total. The van der Waals surface area contributed by atoms with Gasteiger partial charge in [-0.3, -0.25) is 9.79 Å². The maximum Gasteiger partial charge on any atom is 0.251 e. The van der Waals surface area contributed by atoms with Crippen molar-refractivity contribution < 1.29 is 9.53 Å². The smallest absolute Gasteiger partial charge is 0.251 e. The van der Waals surface area contributed by atoms with E-state index in [1.807, 2.05) is 24.3 Å². The fraction of sp³-hybridized carbons (Fsp3) is 0.263. The first-order chi connectivity index (χ1) is 13.0. The van der Waals surface area contributed by atoms with Gasteiger partial charge >= 0.3 is 0 Å². The van der Waals surface area contributed by atoms with Gasteiger partial charge in [0, 0.05) is 37.8 Å². The topological polar surface area (TPSA) is 74.8 Å². The number of amides is 1. The highest BCUT2D eigenvalue weighted by Crippen LogP contribution is 2.22. The number of para-hydroxylation sites is 1. The monoisotopic (exact) mass is 408 g/mol. The largest absolute Gasteiger partial charge is 0.496 e. The molecule has 2 aromatic rings. The van der Waals surface area contributed by atoms with Crippen molar-refractivity contribution in [1.29, 1.82) is 0 Å². The van der Waals surface area contributed by atoms with Gasteiger partial charge in [-0.25, -0.2) is 0 Å². The molecule has 27 heavy (non-hydrogen) atoms. The number of guanidine groups is 1. The number of halogens is 2. The summed E-state index contributed by atoms with van der Waals surface area (Å²) >= 11 is 11.8. The predicted octanol–water partition coefficient (Wildman–Crippen LogP) is 3.10. The molecule has 0 aliphatic heterocycles. The average molecular weight is 409 g/mol. The van der Waals surface area contributed by atoms with E-state index in [9.17, 15) is 4.79 Å². The molecule has 144 valence electrons. The molecular formula is C19H22Cl2N4O2. The molecule has 1 amide bonds. The molecule has 3 N–H and O–H groups in total. The standard InChI is InChI=1S/C19H22Cl2N4O2/c1-22-19(25-12-14-5-3-4-6-17(14)27-2)24-10-9-23-18(26)13-7-8-15(20)16(21)11-13/h3-8,11H,9-10,12H2,1-2H3,(H,23,26)(H2,22,24,25). The zero-order valence-electron chi connectivity index (χ0n) is 15.2. The molecule has 8 heteroatoms. The zero-order chi connectivity index (χ0) is 19.6. The summed E-state index contributed by atoms with van der Waals surface area (Å²) in [6, 6.07) is 12.5. The summed E-state index contributed by atoms with van der Waals surface area (Å²) in [5.41, 5.74) is 1.49. The lowest BCUT2D eigenvalue weighted by molar-refractivity contribution is 0.0954. The first-order valence-electron chi connectivity index (χ1n) is 8.34. The number of benzene rings is 2. The third kappa shape index (κ3) is 6.34. The maximum absolute atomic E-state index is 12.1.